The third kappa shape index (κ3) is 3.98. The first kappa shape index (κ1) is 13.9. The summed E-state index contributed by atoms with van der Waals surface area (Å²) in [5, 5.41) is 2.12. The molecule has 0 unspecified atom stereocenters. The molecule has 1 heterocycles. The molecule has 0 atom stereocenters. The molecular formula is C15H20N2OS. The Bertz CT molecular complexity index is 511. The van der Waals surface area contributed by atoms with Gasteiger partial charge in [-0.3, -0.25) is 0 Å². The summed E-state index contributed by atoms with van der Waals surface area (Å²) < 4.78 is 5.16. The Labute approximate surface area is 118 Å². The SMILES string of the molecule is COc1ccc(CN(C)CCc2cccs2)cc1N. The van der Waals surface area contributed by atoms with E-state index in [-0.39, 0.29) is 0 Å². The molecule has 0 amide bonds. The van der Waals surface area contributed by atoms with Crippen LogP contribution in [0.25, 0.3) is 0 Å². The molecule has 19 heavy (non-hydrogen) atoms. The van der Waals surface area contributed by atoms with Crippen molar-refractivity contribution < 1.29 is 4.74 Å². The zero-order valence-electron chi connectivity index (χ0n) is 11.4. The molecule has 0 fully saturated rings. The van der Waals surface area contributed by atoms with Crippen LogP contribution in [0.4, 0.5) is 5.69 Å². The second-order valence-corrected chi connectivity index (χ2v) is 5.68. The topological polar surface area (TPSA) is 38.5 Å². The van der Waals surface area contributed by atoms with Crippen molar-refractivity contribution in [3.8, 4) is 5.75 Å². The van der Waals surface area contributed by atoms with E-state index in [0.29, 0.717) is 5.69 Å². The van der Waals surface area contributed by atoms with E-state index in [2.05, 4.69) is 35.5 Å². The average molecular weight is 276 g/mol. The number of methoxy groups -OCH3 is 1. The molecule has 2 rings (SSSR count). The molecule has 0 saturated carbocycles. The number of nitrogens with zero attached hydrogens (tertiary/aromatic N) is 1. The van der Waals surface area contributed by atoms with Crippen LogP contribution in [0.3, 0.4) is 0 Å². The lowest BCUT2D eigenvalue weighted by Crippen LogP contribution is -2.20. The normalized spacial score (nSPS) is 10.9. The average Bonchev–Trinajstić information content (AvgIpc) is 2.90. The van der Waals surface area contributed by atoms with E-state index in [1.165, 1.54) is 10.4 Å². The van der Waals surface area contributed by atoms with Gasteiger partial charge < -0.3 is 15.4 Å². The number of nitrogen functional groups attached to an aromatic ring is 1. The minimum Gasteiger partial charge on any atom is -0.495 e. The van der Waals surface area contributed by atoms with Crippen LogP contribution in [0, 0.1) is 0 Å². The van der Waals surface area contributed by atoms with Gasteiger partial charge in [0, 0.05) is 18.0 Å². The fraction of sp³-hybridized carbons (Fsp3) is 0.333. The van der Waals surface area contributed by atoms with Gasteiger partial charge in [-0.25, -0.2) is 0 Å². The molecular weight excluding hydrogens is 256 g/mol. The third-order valence-corrected chi connectivity index (χ3v) is 4.00. The number of anilines is 1. The maximum absolute atomic E-state index is 5.92. The van der Waals surface area contributed by atoms with Crippen molar-refractivity contribution in [2.24, 2.45) is 0 Å². The Kier molecular flexibility index (Phi) is 4.82. The minimum atomic E-state index is 0.701. The summed E-state index contributed by atoms with van der Waals surface area (Å²) >= 11 is 1.82. The highest BCUT2D eigenvalue weighted by molar-refractivity contribution is 7.09. The predicted octanol–water partition coefficient (Wildman–Crippen LogP) is 3.01. The quantitative estimate of drug-likeness (QED) is 0.824. The van der Waals surface area contributed by atoms with Crippen molar-refractivity contribution in [1.82, 2.24) is 4.90 Å². The van der Waals surface area contributed by atoms with Gasteiger partial charge in [-0.1, -0.05) is 12.1 Å². The fourth-order valence-electron chi connectivity index (χ4n) is 2.03. The van der Waals surface area contributed by atoms with Crippen molar-refractivity contribution in [3.63, 3.8) is 0 Å². The molecule has 102 valence electrons. The molecule has 2 N–H and O–H groups in total. The first-order chi connectivity index (χ1) is 9.19. The monoisotopic (exact) mass is 276 g/mol. The van der Waals surface area contributed by atoms with Gasteiger partial charge in [0.15, 0.2) is 0 Å². The third-order valence-electron chi connectivity index (χ3n) is 3.07. The number of benzene rings is 1. The van der Waals surface area contributed by atoms with Gasteiger partial charge in [-0.2, -0.15) is 0 Å². The summed E-state index contributed by atoms with van der Waals surface area (Å²) in [4.78, 5) is 3.74. The van der Waals surface area contributed by atoms with Crippen molar-refractivity contribution >= 4 is 17.0 Å². The lowest BCUT2D eigenvalue weighted by atomic mass is 10.1. The molecule has 0 saturated heterocycles. The van der Waals surface area contributed by atoms with E-state index in [4.69, 9.17) is 10.5 Å². The number of rotatable bonds is 6. The Morgan fingerprint density at radius 3 is 2.79 bits per heavy atom. The first-order valence-corrected chi connectivity index (χ1v) is 7.20. The number of nitrogens with two attached hydrogens (primary N) is 1. The summed E-state index contributed by atoms with van der Waals surface area (Å²) in [5.41, 5.74) is 7.83. The van der Waals surface area contributed by atoms with E-state index in [1.54, 1.807) is 7.11 Å². The Morgan fingerprint density at radius 1 is 1.32 bits per heavy atom. The predicted molar refractivity (Wildman–Crippen MR) is 81.8 cm³/mol. The van der Waals surface area contributed by atoms with Gasteiger partial charge >= 0.3 is 0 Å². The Hall–Kier alpha value is -1.52. The maximum atomic E-state index is 5.92. The van der Waals surface area contributed by atoms with Crippen LogP contribution in [0.5, 0.6) is 5.75 Å². The number of thiophene rings is 1. The van der Waals surface area contributed by atoms with Crippen molar-refractivity contribution in [2.45, 2.75) is 13.0 Å². The Balaban J connectivity index is 1.88. The molecule has 0 aliphatic rings. The van der Waals surface area contributed by atoms with Crippen molar-refractivity contribution in [3.05, 3.63) is 46.2 Å². The largest absolute Gasteiger partial charge is 0.495 e. The smallest absolute Gasteiger partial charge is 0.141 e. The maximum Gasteiger partial charge on any atom is 0.141 e. The fourth-order valence-corrected chi connectivity index (χ4v) is 2.73. The highest BCUT2D eigenvalue weighted by atomic mass is 32.1. The minimum absolute atomic E-state index is 0.701. The molecule has 0 spiro atoms. The lowest BCUT2D eigenvalue weighted by Gasteiger charge is -2.17. The summed E-state index contributed by atoms with van der Waals surface area (Å²) in [5.74, 6) is 0.741. The van der Waals surface area contributed by atoms with Crippen LogP contribution >= 0.6 is 11.3 Å². The van der Waals surface area contributed by atoms with Gasteiger partial charge in [0.2, 0.25) is 0 Å². The van der Waals surface area contributed by atoms with E-state index in [0.717, 1.165) is 25.3 Å². The first-order valence-electron chi connectivity index (χ1n) is 6.32. The molecule has 3 nitrogen and oxygen atoms in total. The highest BCUT2D eigenvalue weighted by Crippen LogP contribution is 2.22. The molecule has 0 aliphatic heterocycles. The van der Waals surface area contributed by atoms with Crippen LogP contribution in [-0.4, -0.2) is 25.6 Å². The number of hydrogen-bond donors (Lipinski definition) is 1. The van der Waals surface area contributed by atoms with Crippen LogP contribution < -0.4 is 10.5 Å². The number of likely N-dealkylation sites (N-methyl/N-ethyl adjacent to an activating group) is 1. The van der Waals surface area contributed by atoms with Gasteiger partial charge in [0.05, 0.1) is 12.8 Å². The van der Waals surface area contributed by atoms with Crippen LogP contribution in [0.2, 0.25) is 0 Å². The molecule has 0 radical (unpaired) electrons. The van der Waals surface area contributed by atoms with Gasteiger partial charge in [0.25, 0.3) is 0 Å². The molecule has 1 aromatic heterocycles. The number of ether oxygens (including phenoxy) is 1. The van der Waals surface area contributed by atoms with E-state index < -0.39 is 0 Å². The van der Waals surface area contributed by atoms with Gasteiger partial charge in [-0.15, -0.1) is 11.3 Å². The Morgan fingerprint density at radius 2 is 2.16 bits per heavy atom. The molecule has 2 aromatic rings. The molecule has 1 aromatic carbocycles. The van der Waals surface area contributed by atoms with Crippen LogP contribution in [0.1, 0.15) is 10.4 Å². The summed E-state index contributed by atoms with van der Waals surface area (Å²) in [6.45, 7) is 1.95. The van der Waals surface area contributed by atoms with E-state index in [9.17, 15) is 0 Å². The van der Waals surface area contributed by atoms with Gasteiger partial charge in [0.1, 0.15) is 5.75 Å². The van der Waals surface area contributed by atoms with Crippen LogP contribution in [-0.2, 0) is 13.0 Å². The second kappa shape index (κ2) is 6.59. The standard InChI is InChI=1S/C15H20N2OS/c1-17(8-7-13-4-3-9-19-13)11-12-5-6-15(18-2)14(16)10-12/h3-6,9-10H,7-8,11,16H2,1-2H3. The second-order valence-electron chi connectivity index (χ2n) is 4.64. The summed E-state index contributed by atoms with van der Waals surface area (Å²) in [6.07, 6.45) is 1.10. The van der Waals surface area contributed by atoms with E-state index >= 15 is 0 Å². The molecule has 0 bridgehead atoms. The molecule has 0 aliphatic carbocycles. The number of hydrogen-bond acceptors (Lipinski definition) is 4. The molecule has 4 heteroatoms. The van der Waals surface area contributed by atoms with Crippen molar-refractivity contribution in [2.75, 3.05) is 26.4 Å². The summed E-state index contributed by atoms with van der Waals surface area (Å²) in [7, 11) is 3.77. The van der Waals surface area contributed by atoms with E-state index in [1.807, 2.05) is 23.5 Å². The zero-order valence-corrected chi connectivity index (χ0v) is 12.2. The van der Waals surface area contributed by atoms with Crippen molar-refractivity contribution in [1.29, 1.82) is 0 Å². The zero-order chi connectivity index (χ0) is 13.7. The summed E-state index contributed by atoms with van der Waals surface area (Å²) in [6, 6.07) is 10.3. The lowest BCUT2D eigenvalue weighted by molar-refractivity contribution is 0.332. The van der Waals surface area contributed by atoms with Crippen LogP contribution in [0.15, 0.2) is 35.7 Å². The highest BCUT2D eigenvalue weighted by Gasteiger charge is 2.04. The van der Waals surface area contributed by atoms with Gasteiger partial charge in [-0.05, 0) is 42.6 Å².